The SMILES string of the molecule is CC(=O)c1ccc(S(=O)(=O)N2CCN(C(C)C(=O)c3c[nH]c4ccccc34)CC2)cc1. The molecule has 8 heteroatoms. The molecule has 1 aliphatic rings. The van der Waals surface area contributed by atoms with E-state index in [0.29, 0.717) is 37.3 Å². The summed E-state index contributed by atoms with van der Waals surface area (Å²) >= 11 is 0. The lowest BCUT2D eigenvalue weighted by molar-refractivity contribution is 0.0783. The molecule has 1 N–H and O–H groups in total. The second-order valence-corrected chi connectivity index (χ2v) is 9.75. The van der Waals surface area contributed by atoms with Crippen LogP contribution < -0.4 is 0 Å². The van der Waals surface area contributed by atoms with Gasteiger partial charge in [-0.15, -0.1) is 0 Å². The lowest BCUT2D eigenvalue weighted by Crippen LogP contribution is -2.53. The van der Waals surface area contributed by atoms with Gasteiger partial charge in [-0.2, -0.15) is 4.31 Å². The molecule has 1 fully saturated rings. The van der Waals surface area contributed by atoms with Crippen molar-refractivity contribution in [3.63, 3.8) is 0 Å². The monoisotopic (exact) mass is 439 g/mol. The van der Waals surface area contributed by atoms with Crippen LogP contribution in [0.3, 0.4) is 0 Å². The molecule has 3 aromatic rings. The number of aromatic amines is 1. The number of nitrogens with one attached hydrogen (secondary N) is 1. The van der Waals surface area contributed by atoms with Crippen molar-refractivity contribution in [2.45, 2.75) is 24.8 Å². The zero-order valence-corrected chi connectivity index (χ0v) is 18.4. The van der Waals surface area contributed by atoms with Crippen molar-refractivity contribution >= 4 is 32.5 Å². The molecule has 4 rings (SSSR count). The highest BCUT2D eigenvalue weighted by atomic mass is 32.2. The molecule has 0 bridgehead atoms. The summed E-state index contributed by atoms with van der Waals surface area (Å²) in [6, 6.07) is 13.4. The van der Waals surface area contributed by atoms with Crippen molar-refractivity contribution in [2.24, 2.45) is 0 Å². The number of ketones is 2. The maximum atomic E-state index is 13.1. The Morgan fingerprint density at radius 2 is 1.61 bits per heavy atom. The molecule has 1 aliphatic heterocycles. The van der Waals surface area contributed by atoms with Gasteiger partial charge in [0.2, 0.25) is 10.0 Å². The number of hydrogen-bond acceptors (Lipinski definition) is 5. The molecule has 31 heavy (non-hydrogen) atoms. The molecule has 0 radical (unpaired) electrons. The lowest BCUT2D eigenvalue weighted by Gasteiger charge is -2.36. The topological polar surface area (TPSA) is 90.6 Å². The van der Waals surface area contributed by atoms with Gasteiger partial charge in [0.05, 0.1) is 10.9 Å². The average molecular weight is 440 g/mol. The van der Waals surface area contributed by atoms with Crippen LogP contribution in [0, 0.1) is 0 Å². The molecule has 1 aromatic heterocycles. The van der Waals surface area contributed by atoms with Crippen LogP contribution in [0.2, 0.25) is 0 Å². The molecule has 2 aromatic carbocycles. The van der Waals surface area contributed by atoms with E-state index in [-0.39, 0.29) is 22.5 Å². The van der Waals surface area contributed by atoms with E-state index < -0.39 is 10.0 Å². The third kappa shape index (κ3) is 4.06. The number of fused-ring (bicyclic) bond motifs is 1. The highest BCUT2D eigenvalue weighted by Crippen LogP contribution is 2.23. The maximum absolute atomic E-state index is 13.1. The van der Waals surface area contributed by atoms with Gasteiger partial charge < -0.3 is 4.98 Å². The van der Waals surface area contributed by atoms with E-state index in [2.05, 4.69) is 4.98 Å². The molecule has 7 nitrogen and oxygen atoms in total. The number of carbonyl (C=O) groups is 2. The van der Waals surface area contributed by atoms with E-state index in [4.69, 9.17) is 0 Å². The van der Waals surface area contributed by atoms with Gasteiger partial charge in [0.15, 0.2) is 11.6 Å². The van der Waals surface area contributed by atoms with Gasteiger partial charge >= 0.3 is 0 Å². The molecule has 0 spiro atoms. The van der Waals surface area contributed by atoms with Crippen LogP contribution in [-0.2, 0) is 10.0 Å². The Bertz CT molecular complexity index is 1220. The number of piperazine rings is 1. The number of hydrogen-bond donors (Lipinski definition) is 1. The smallest absolute Gasteiger partial charge is 0.243 e. The molecule has 2 heterocycles. The predicted octanol–water partition coefficient (Wildman–Crippen LogP) is 2.95. The Morgan fingerprint density at radius 3 is 2.26 bits per heavy atom. The van der Waals surface area contributed by atoms with E-state index in [1.165, 1.54) is 35.5 Å². The number of rotatable bonds is 6. The first kappa shape index (κ1) is 21.4. The molecular weight excluding hydrogens is 414 g/mol. The number of nitrogens with zero attached hydrogens (tertiary/aromatic N) is 2. The number of sulfonamides is 1. The molecule has 1 saturated heterocycles. The number of H-pyrrole nitrogens is 1. The van der Waals surface area contributed by atoms with E-state index in [1.807, 2.05) is 36.1 Å². The predicted molar refractivity (Wildman–Crippen MR) is 119 cm³/mol. The third-order valence-corrected chi connectivity index (χ3v) is 7.87. The van der Waals surface area contributed by atoms with Crippen LogP contribution in [-0.4, -0.2) is 66.4 Å². The van der Waals surface area contributed by atoms with Crippen LogP contribution in [0.1, 0.15) is 34.6 Å². The van der Waals surface area contributed by atoms with E-state index in [0.717, 1.165) is 10.9 Å². The van der Waals surface area contributed by atoms with Gasteiger partial charge in [-0.25, -0.2) is 8.42 Å². The number of aromatic nitrogens is 1. The Kier molecular flexibility index (Phi) is 5.79. The summed E-state index contributed by atoms with van der Waals surface area (Å²) in [5, 5.41) is 0.898. The van der Waals surface area contributed by atoms with Crippen LogP contribution in [0.15, 0.2) is 59.6 Å². The number of benzene rings is 2. The van der Waals surface area contributed by atoms with Crippen molar-refractivity contribution in [1.82, 2.24) is 14.2 Å². The number of Topliss-reactive ketones (excluding diaryl/α,β-unsaturated/α-hetero) is 2. The highest BCUT2D eigenvalue weighted by molar-refractivity contribution is 7.89. The molecule has 162 valence electrons. The van der Waals surface area contributed by atoms with Gasteiger partial charge in [-0.1, -0.05) is 30.3 Å². The Labute approximate surface area is 181 Å². The maximum Gasteiger partial charge on any atom is 0.243 e. The fourth-order valence-electron chi connectivity index (χ4n) is 4.01. The summed E-state index contributed by atoms with van der Waals surface area (Å²) in [7, 11) is -3.64. The lowest BCUT2D eigenvalue weighted by atomic mass is 10.0. The average Bonchev–Trinajstić information content (AvgIpc) is 3.22. The summed E-state index contributed by atoms with van der Waals surface area (Å²) in [4.78, 5) is 29.8. The minimum atomic E-state index is -3.64. The van der Waals surface area contributed by atoms with Crippen LogP contribution in [0.4, 0.5) is 0 Å². The van der Waals surface area contributed by atoms with Gasteiger partial charge in [0.1, 0.15) is 0 Å². The Balaban J connectivity index is 1.44. The van der Waals surface area contributed by atoms with Crippen molar-refractivity contribution in [2.75, 3.05) is 26.2 Å². The summed E-state index contributed by atoms with van der Waals surface area (Å²) in [5.74, 6) is -0.0833. The zero-order valence-electron chi connectivity index (χ0n) is 17.5. The van der Waals surface area contributed by atoms with Crippen molar-refractivity contribution in [3.8, 4) is 0 Å². The van der Waals surface area contributed by atoms with Gasteiger partial charge in [-0.3, -0.25) is 14.5 Å². The highest BCUT2D eigenvalue weighted by Gasteiger charge is 2.32. The van der Waals surface area contributed by atoms with E-state index >= 15 is 0 Å². The Hall–Kier alpha value is -2.81. The Morgan fingerprint density at radius 1 is 0.968 bits per heavy atom. The molecule has 0 aliphatic carbocycles. The molecule has 0 amide bonds. The first-order chi connectivity index (χ1) is 14.8. The largest absolute Gasteiger partial charge is 0.360 e. The summed E-state index contributed by atoms with van der Waals surface area (Å²) in [6.07, 6.45) is 1.74. The number of para-hydroxylation sites is 1. The quantitative estimate of drug-likeness (QED) is 0.597. The zero-order chi connectivity index (χ0) is 22.2. The van der Waals surface area contributed by atoms with Crippen LogP contribution >= 0.6 is 0 Å². The van der Waals surface area contributed by atoms with Gasteiger partial charge in [0, 0.05) is 54.4 Å². The molecule has 1 atom stereocenters. The summed E-state index contributed by atoms with van der Waals surface area (Å²) in [6.45, 7) is 4.88. The molecule has 1 unspecified atom stereocenters. The molecular formula is C23H25N3O4S. The van der Waals surface area contributed by atoms with Gasteiger partial charge in [-0.05, 0) is 32.0 Å². The molecule has 0 saturated carbocycles. The number of carbonyl (C=O) groups excluding carboxylic acids is 2. The van der Waals surface area contributed by atoms with Crippen molar-refractivity contribution in [3.05, 3.63) is 65.9 Å². The summed E-state index contributed by atoms with van der Waals surface area (Å²) < 4.78 is 27.4. The van der Waals surface area contributed by atoms with Crippen molar-refractivity contribution < 1.29 is 18.0 Å². The second-order valence-electron chi connectivity index (χ2n) is 7.81. The minimum absolute atomic E-state index is 0.0218. The minimum Gasteiger partial charge on any atom is -0.360 e. The third-order valence-electron chi connectivity index (χ3n) is 5.95. The van der Waals surface area contributed by atoms with E-state index in [9.17, 15) is 18.0 Å². The first-order valence-corrected chi connectivity index (χ1v) is 11.7. The van der Waals surface area contributed by atoms with Crippen LogP contribution in [0.5, 0.6) is 0 Å². The normalized spacial score (nSPS) is 17.0. The fraction of sp³-hybridized carbons (Fsp3) is 0.304. The standard InChI is InChI=1S/C23H25N3O4S/c1-16(23(28)21-15-24-22-6-4-3-5-20(21)22)25-11-13-26(14-12-25)31(29,30)19-9-7-18(8-10-19)17(2)27/h3-10,15-16,24H,11-14H2,1-2H3. The van der Waals surface area contributed by atoms with Crippen molar-refractivity contribution in [1.29, 1.82) is 0 Å². The van der Waals surface area contributed by atoms with E-state index in [1.54, 1.807) is 6.20 Å². The van der Waals surface area contributed by atoms with Crippen LogP contribution in [0.25, 0.3) is 10.9 Å². The summed E-state index contributed by atoms with van der Waals surface area (Å²) in [5.41, 5.74) is 2.06. The second kappa shape index (κ2) is 8.37. The van der Waals surface area contributed by atoms with Gasteiger partial charge in [0.25, 0.3) is 0 Å². The first-order valence-electron chi connectivity index (χ1n) is 10.2. The fourth-order valence-corrected chi connectivity index (χ4v) is 5.43.